The molecule has 0 bridgehead atoms. The van der Waals surface area contributed by atoms with E-state index < -0.39 is 0 Å². The average molecular weight is 265 g/mol. The Morgan fingerprint density at radius 1 is 0.895 bits per heavy atom. The number of rotatable bonds is 6. The quantitative estimate of drug-likeness (QED) is 0.694. The summed E-state index contributed by atoms with van der Waals surface area (Å²) in [6.45, 7) is 2.31. The van der Waals surface area contributed by atoms with E-state index in [4.69, 9.17) is 5.73 Å². The van der Waals surface area contributed by atoms with E-state index in [1.54, 1.807) is 0 Å². The molecule has 2 rings (SSSR count). The molecule has 2 aliphatic rings. The Balaban J connectivity index is 1.65. The standard InChI is InChI=1S/C18H35N/c1-2-3-7-15-10-12-17(13-11-15)18(19)14-16-8-5-4-6-9-16/h15-18H,2-14,19H2,1H3. The van der Waals surface area contributed by atoms with E-state index in [0.717, 1.165) is 17.8 Å². The highest BCUT2D eigenvalue weighted by molar-refractivity contribution is 4.82. The molecule has 112 valence electrons. The highest BCUT2D eigenvalue weighted by Crippen LogP contribution is 2.36. The Bertz CT molecular complexity index is 224. The number of hydrogen-bond donors (Lipinski definition) is 1. The molecule has 2 saturated carbocycles. The largest absolute Gasteiger partial charge is 0.327 e. The van der Waals surface area contributed by atoms with Gasteiger partial charge in [0.25, 0.3) is 0 Å². The van der Waals surface area contributed by atoms with Crippen LogP contribution in [0, 0.1) is 17.8 Å². The first-order valence-electron chi connectivity index (χ1n) is 9.05. The van der Waals surface area contributed by atoms with E-state index in [1.807, 2.05) is 0 Å². The molecule has 0 aliphatic heterocycles. The number of hydrogen-bond acceptors (Lipinski definition) is 1. The molecule has 0 amide bonds. The van der Waals surface area contributed by atoms with Crippen LogP contribution in [0.3, 0.4) is 0 Å². The smallest absolute Gasteiger partial charge is 0.00698 e. The lowest BCUT2D eigenvalue weighted by molar-refractivity contribution is 0.203. The third-order valence-electron chi connectivity index (χ3n) is 5.79. The van der Waals surface area contributed by atoms with Crippen molar-refractivity contribution < 1.29 is 0 Å². The molecule has 0 aromatic carbocycles. The van der Waals surface area contributed by atoms with Crippen LogP contribution in [-0.2, 0) is 0 Å². The lowest BCUT2D eigenvalue weighted by Gasteiger charge is -2.34. The summed E-state index contributed by atoms with van der Waals surface area (Å²) < 4.78 is 0. The predicted octanol–water partition coefficient (Wildman–Crippen LogP) is 5.28. The fourth-order valence-electron chi connectivity index (χ4n) is 4.40. The summed E-state index contributed by atoms with van der Waals surface area (Å²) in [5.41, 5.74) is 6.52. The molecular formula is C18H35N. The van der Waals surface area contributed by atoms with Crippen molar-refractivity contribution >= 4 is 0 Å². The summed E-state index contributed by atoms with van der Waals surface area (Å²) in [6.07, 6.45) is 18.7. The SMILES string of the molecule is CCCCC1CCC(C(N)CC2CCCCC2)CC1. The van der Waals surface area contributed by atoms with Gasteiger partial charge >= 0.3 is 0 Å². The average Bonchev–Trinajstić information content (AvgIpc) is 2.46. The summed E-state index contributed by atoms with van der Waals surface area (Å²) in [7, 11) is 0. The summed E-state index contributed by atoms with van der Waals surface area (Å²) in [5.74, 6) is 2.83. The van der Waals surface area contributed by atoms with Gasteiger partial charge in [0, 0.05) is 6.04 Å². The molecule has 19 heavy (non-hydrogen) atoms. The van der Waals surface area contributed by atoms with Crippen molar-refractivity contribution in [2.75, 3.05) is 0 Å². The minimum absolute atomic E-state index is 0.509. The van der Waals surface area contributed by atoms with E-state index >= 15 is 0 Å². The summed E-state index contributed by atoms with van der Waals surface area (Å²) >= 11 is 0. The second kappa shape index (κ2) is 8.29. The predicted molar refractivity (Wildman–Crippen MR) is 84.1 cm³/mol. The van der Waals surface area contributed by atoms with Crippen LogP contribution in [0.2, 0.25) is 0 Å². The lowest BCUT2D eigenvalue weighted by atomic mass is 9.74. The maximum Gasteiger partial charge on any atom is 0.00698 e. The normalized spacial score (nSPS) is 31.3. The monoisotopic (exact) mass is 265 g/mol. The van der Waals surface area contributed by atoms with E-state index in [9.17, 15) is 0 Å². The van der Waals surface area contributed by atoms with Gasteiger partial charge in [0.05, 0.1) is 0 Å². The Labute approximate surface area is 120 Å². The third-order valence-corrected chi connectivity index (χ3v) is 5.79. The first-order valence-corrected chi connectivity index (χ1v) is 9.05. The molecule has 2 N–H and O–H groups in total. The highest BCUT2D eigenvalue weighted by Gasteiger charge is 2.27. The Morgan fingerprint density at radius 3 is 2.21 bits per heavy atom. The van der Waals surface area contributed by atoms with E-state index in [-0.39, 0.29) is 0 Å². The van der Waals surface area contributed by atoms with Crippen LogP contribution in [0.1, 0.15) is 90.4 Å². The second-order valence-corrected chi connectivity index (χ2v) is 7.33. The molecule has 0 aromatic rings. The van der Waals surface area contributed by atoms with Crippen molar-refractivity contribution in [3.63, 3.8) is 0 Å². The zero-order chi connectivity index (χ0) is 13.5. The van der Waals surface area contributed by atoms with Crippen LogP contribution in [0.5, 0.6) is 0 Å². The van der Waals surface area contributed by atoms with Crippen molar-refractivity contribution in [2.24, 2.45) is 23.5 Å². The molecule has 1 unspecified atom stereocenters. The van der Waals surface area contributed by atoms with Gasteiger partial charge in [0.1, 0.15) is 0 Å². The van der Waals surface area contributed by atoms with Crippen LogP contribution < -0.4 is 5.73 Å². The van der Waals surface area contributed by atoms with Crippen LogP contribution >= 0.6 is 0 Å². The van der Waals surface area contributed by atoms with Crippen LogP contribution in [0.15, 0.2) is 0 Å². The molecule has 0 heterocycles. The Hall–Kier alpha value is -0.0400. The fourth-order valence-corrected chi connectivity index (χ4v) is 4.40. The van der Waals surface area contributed by atoms with Gasteiger partial charge in [-0.2, -0.15) is 0 Å². The number of nitrogens with two attached hydrogens (primary N) is 1. The van der Waals surface area contributed by atoms with Gasteiger partial charge in [-0.25, -0.2) is 0 Å². The van der Waals surface area contributed by atoms with Gasteiger partial charge in [-0.1, -0.05) is 71.1 Å². The van der Waals surface area contributed by atoms with Gasteiger partial charge in [0.15, 0.2) is 0 Å². The van der Waals surface area contributed by atoms with Crippen molar-refractivity contribution in [1.29, 1.82) is 0 Å². The van der Waals surface area contributed by atoms with Crippen molar-refractivity contribution in [2.45, 2.75) is 96.4 Å². The van der Waals surface area contributed by atoms with Gasteiger partial charge in [-0.15, -0.1) is 0 Å². The minimum Gasteiger partial charge on any atom is -0.327 e. The first kappa shape index (κ1) is 15.4. The zero-order valence-corrected chi connectivity index (χ0v) is 13.1. The number of unbranched alkanes of at least 4 members (excludes halogenated alkanes) is 1. The Morgan fingerprint density at radius 2 is 1.58 bits per heavy atom. The molecule has 2 fully saturated rings. The van der Waals surface area contributed by atoms with Crippen molar-refractivity contribution in [3.8, 4) is 0 Å². The molecule has 0 spiro atoms. The van der Waals surface area contributed by atoms with E-state index in [1.165, 1.54) is 83.5 Å². The maximum absolute atomic E-state index is 6.52. The van der Waals surface area contributed by atoms with Gasteiger partial charge in [-0.05, 0) is 37.0 Å². The molecule has 0 aromatic heterocycles. The van der Waals surface area contributed by atoms with Gasteiger partial charge in [0.2, 0.25) is 0 Å². The first-order chi connectivity index (χ1) is 9.29. The maximum atomic E-state index is 6.52. The van der Waals surface area contributed by atoms with Crippen LogP contribution in [0.25, 0.3) is 0 Å². The molecule has 0 saturated heterocycles. The Kier molecular flexibility index (Phi) is 6.70. The molecule has 1 atom stereocenters. The second-order valence-electron chi connectivity index (χ2n) is 7.33. The lowest BCUT2D eigenvalue weighted by Crippen LogP contribution is -2.35. The summed E-state index contributed by atoms with van der Waals surface area (Å²) in [5, 5.41) is 0. The van der Waals surface area contributed by atoms with Crippen LogP contribution in [-0.4, -0.2) is 6.04 Å². The molecule has 1 nitrogen and oxygen atoms in total. The zero-order valence-electron chi connectivity index (χ0n) is 13.1. The van der Waals surface area contributed by atoms with Gasteiger partial charge < -0.3 is 5.73 Å². The third kappa shape index (κ3) is 5.10. The fraction of sp³-hybridized carbons (Fsp3) is 1.00. The molecule has 1 heteroatoms. The van der Waals surface area contributed by atoms with Crippen molar-refractivity contribution in [3.05, 3.63) is 0 Å². The summed E-state index contributed by atoms with van der Waals surface area (Å²) in [6, 6.07) is 0.509. The van der Waals surface area contributed by atoms with E-state index in [0.29, 0.717) is 6.04 Å². The summed E-state index contributed by atoms with van der Waals surface area (Å²) in [4.78, 5) is 0. The van der Waals surface area contributed by atoms with Crippen LogP contribution in [0.4, 0.5) is 0 Å². The topological polar surface area (TPSA) is 26.0 Å². The van der Waals surface area contributed by atoms with E-state index in [2.05, 4.69) is 6.92 Å². The highest BCUT2D eigenvalue weighted by atomic mass is 14.7. The van der Waals surface area contributed by atoms with Crippen molar-refractivity contribution in [1.82, 2.24) is 0 Å². The molecular weight excluding hydrogens is 230 g/mol. The minimum atomic E-state index is 0.509. The van der Waals surface area contributed by atoms with Gasteiger partial charge in [-0.3, -0.25) is 0 Å². The molecule has 0 radical (unpaired) electrons. The molecule has 2 aliphatic carbocycles.